The van der Waals surface area contributed by atoms with Crippen molar-refractivity contribution in [1.29, 1.82) is 0 Å². The summed E-state index contributed by atoms with van der Waals surface area (Å²) >= 11 is 5.96. The number of hydrazone groups is 1. The zero-order valence-electron chi connectivity index (χ0n) is 6.44. The summed E-state index contributed by atoms with van der Waals surface area (Å²) in [6.45, 7) is 1.83. The summed E-state index contributed by atoms with van der Waals surface area (Å²) in [5, 5.41) is 5.95. The first-order valence-corrected chi connectivity index (χ1v) is 4.45. The Morgan fingerprint density at radius 3 is 3.08 bits per heavy atom. The van der Waals surface area contributed by atoms with Crippen LogP contribution in [0.1, 0.15) is 12.6 Å². The highest BCUT2D eigenvalue weighted by Crippen LogP contribution is 2.00. The predicted molar refractivity (Wildman–Crippen MR) is 54.2 cm³/mol. The molecule has 3 N–H and O–H groups in total. The molecule has 0 fully saturated rings. The molecule has 0 atom stereocenters. The van der Waals surface area contributed by atoms with E-state index in [0.29, 0.717) is 0 Å². The van der Waals surface area contributed by atoms with Gasteiger partial charge in [0, 0.05) is 5.38 Å². The molecule has 1 rings (SSSR count). The Morgan fingerprint density at radius 1 is 1.83 bits per heavy atom. The van der Waals surface area contributed by atoms with Crippen molar-refractivity contribution >= 4 is 34.6 Å². The molecular formula is C6H8N4S2. The topological polar surface area (TPSA) is 63.3 Å². The first kappa shape index (κ1) is 9.08. The predicted octanol–water partition coefficient (Wildman–Crippen LogP) is 0.700. The van der Waals surface area contributed by atoms with Crippen molar-refractivity contribution in [3.63, 3.8) is 0 Å². The van der Waals surface area contributed by atoms with Crippen LogP contribution in [-0.4, -0.2) is 15.2 Å². The summed E-state index contributed by atoms with van der Waals surface area (Å²) in [5.41, 5.74) is 9.29. The molecule has 0 saturated heterocycles. The third kappa shape index (κ3) is 2.55. The number of nitrogens with two attached hydrogens (primary N) is 1. The number of nitrogens with zero attached hydrogens (tertiary/aromatic N) is 2. The number of hydrogen-bond acceptors (Lipinski definition) is 4. The maximum Gasteiger partial charge on any atom is 0.184 e. The molecule has 12 heavy (non-hydrogen) atoms. The molecule has 0 aromatic carbocycles. The fourth-order valence-electron chi connectivity index (χ4n) is 0.595. The fourth-order valence-corrected chi connectivity index (χ4v) is 1.20. The van der Waals surface area contributed by atoms with E-state index in [2.05, 4.69) is 27.1 Å². The van der Waals surface area contributed by atoms with Crippen LogP contribution >= 0.6 is 23.8 Å². The van der Waals surface area contributed by atoms with Crippen LogP contribution in [0.5, 0.6) is 0 Å². The summed E-state index contributed by atoms with van der Waals surface area (Å²) < 4.78 is 4.08. The average molecular weight is 200 g/mol. The quantitative estimate of drug-likeness (QED) is 0.419. The van der Waals surface area contributed by atoms with Gasteiger partial charge < -0.3 is 5.73 Å². The lowest BCUT2D eigenvalue weighted by Gasteiger charge is -1.96. The Labute approximate surface area is 79.6 Å². The van der Waals surface area contributed by atoms with Gasteiger partial charge in [-0.1, -0.05) is 0 Å². The van der Waals surface area contributed by atoms with Crippen LogP contribution in [0.4, 0.5) is 0 Å². The molecule has 0 unspecified atom stereocenters. The van der Waals surface area contributed by atoms with Crippen molar-refractivity contribution < 1.29 is 0 Å². The van der Waals surface area contributed by atoms with Crippen LogP contribution in [0.3, 0.4) is 0 Å². The largest absolute Gasteiger partial charge is 0.375 e. The molecular weight excluding hydrogens is 192 g/mol. The molecule has 64 valence electrons. The van der Waals surface area contributed by atoms with E-state index in [-0.39, 0.29) is 5.11 Å². The smallest absolute Gasteiger partial charge is 0.184 e. The van der Waals surface area contributed by atoms with Crippen LogP contribution in [0.2, 0.25) is 0 Å². The molecule has 0 amide bonds. The van der Waals surface area contributed by atoms with Gasteiger partial charge >= 0.3 is 0 Å². The van der Waals surface area contributed by atoms with Crippen molar-refractivity contribution in [2.45, 2.75) is 6.92 Å². The lowest BCUT2D eigenvalue weighted by molar-refractivity contribution is 1.03. The van der Waals surface area contributed by atoms with Gasteiger partial charge in [-0.05, 0) is 36.7 Å². The Kier molecular flexibility index (Phi) is 3.12. The van der Waals surface area contributed by atoms with E-state index in [9.17, 15) is 0 Å². The highest BCUT2D eigenvalue weighted by molar-refractivity contribution is 7.80. The van der Waals surface area contributed by atoms with Gasteiger partial charge in [-0.3, -0.25) is 5.43 Å². The van der Waals surface area contributed by atoms with E-state index in [4.69, 9.17) is 5.73 Å². The zero-order valence-corrected chi connectivity index (χ0v) is 8.08. The van der Waals surface area contributed by atoms with E-state index in [1.54, 1.807) is 0 Å². The minimum atomic E-state index is 0.157. The summed E-state index contributed by atoms with van der Waals surface area (Å²) in [6.07, 6.45) is 0. The van der Waals surface area contributed by atoms with Gasteiger partial charge in [0.1, 0.15) is 0 Å². The Hall–Kier alpha value is -1.01. The second-order valence-electron chi connectivity index (χ2n) is 2.06. The number of rotatable bonds is 2. The lowest BCUT2D eigenvalue weighted by Crippen LogP contribution is -2.25. The zero-order chi connectivity index (χ0) is 8.97. The minimum absolute atomic E-state index is 0.157. The Balaban J connectivity index is 2.65. The number of hydrogen-bond donors (Lipinski definition) is 2. The van der Waals surface area contributed by atoms with Gasteiger partial charge in [-0.15, -0.1) is 0 Å². The van der Waals surface area contributed by atoms with Crippen molar-refractivity contribution in [3.05, 3.63) is 17.1 Å². The average Bonchev–Trinajstić information content (AvgIpc) is 2.51. The van der Waals surface area contributed by atoms with Crippen molar-refractivity contribution in [2.24, 2.45) is 10.8 Å². The molecule has 1 heterocycles. The second kappa shape index (κ2) is 4.13. The van der Waals surface area contributed by atoms with Crippen molar-refractivity contribution in [1.82, 2.24) is 9.80 Å². The number of thiocarbonyl (C=S) groups is 1. The molecule has 1 aromatic rings. The molecule has 6 heteroatoms. The summed E-state index contributed by atoms with van der Waals surface area (Å²) in [4.78, 5) is 0. The fraction of sp³-hybridized carbons (Fsp3) is 0.167. The molecule has 0 bridgehead atoms. The van der Waals surface area contributed by atoms with Gasteiger partial charge in [-0.25, -0.2) is 0 Å². The van der Waals surface area contributed by atoms with Crippen LogP contribution in [0.15, 0.2) is 16.5 Å². The standard InChI is InChI=1S/C6H8N4S2/c1-4(8-9-6(7)11)5-2-3-12-10-5/h2-3H,1H3,(H3,7,9,11). The van der Waals surface area contributed by atoms with E-state index in [0.717, 1.165) is 11.4 Å². The van der Waals surface area contributed by atoms with Crippen molar-refractivity contribution in [2.75, 3.05) is 0 Å². The number of aromatic nitrogens is 1. The second-order valence-corrected chi connectivity index (χ2v) is 3.16. The highest BCUT2D eigenvalue weighted by Gasteiger charge is 1.97. The van der Waals surface area contributed by atoms with Crippen LogP contribution < -0.4 is 11.2 Å². The molecule has 0 radical (unpaired) electrons. The lowest BCUT2D eigenvalue weighted by atomic mass is 10.3. The molecule has 0 saturated carbocycles. The van der Waals surface area contributed by atoms with E-state index >= 15 is 0 Å². The number of nitrogens with one attached hydrogen (secondary N) is 1. The molecule has 0 aliphatic rings. The molecule has 1 aromatic heterocycles. The minimum Gasteiger partial charge on any atom is -0.375 e. The van der Waals surface area contributed by atoms with Gasteiger partial charge in [-0.2, -0.15) is 9.47 Å². The summed E-state index contributed by atoms with van der Waals surface area (Å²) in [5.74, 6) is 0. The Morgan fingerprint density at radius 2 is 2.58 bits per heavy atom. The monoisotopic (exact) mass is 200 g/mol. The third-order valence-electron chi connectivity index (χ3n) is 1.14. The van der Waals surface area contributed by atoms with Crippen molar-refractivity contribution in [3.8, 4) is 0 Å². The molecule has 0 aliphatic heterocycles. The molecule has 0 spiro atoms. The third-order valence-corrected chi connectivity index (χ3v) is 1.79. The van der Waals surface area contributed by atoms with Gasteiger partial charge in [0.2, 0.25) is 0 Å². The molecule has 4 nitrogen and oxygen atoms in total. The van der Waals surface area contributed by atoms with Gasteiger partial charge in [0.25, 0.3) is 0 Å². The van der Waals surface area contributed by atoms with E-state index in [1.807, 2.05) is 18.4 Å². The van der Waals surface area contributed by atoms with Crippen LogP contribution in [0.25, 0.3) is 0 Å². The van der Waals surface area contributed by atoms with E-state index in [1.165, 1.54) is 11.5 Å². The van der Waals surface area contributed by atoms with E-state index < -0.39 is 0 Å². The first-order chi connectivity index (χ1) is 5.70. The maximum atomic E-state index is 5.19. The van der Waals surface area contributed by atoms with Gasteiger partial charge in [0.05, 0.1) is 11.4 Å². The summed E-state index contributed by atoms with van der Waals surface area (Å²) in [7, 11) is 0. The summed E-state index contributed by atoms with van der Waals surface area (Å²) in [6, 6.07) is 1.88. The SMILES string of the molecule is CC(=NNC(N)=S)c1ccsn1. The Bertz CT molecular complexity index is 291. The first-order valence-electron chi connectivity index (χ1n) is 3.20. The van der Waals surface area contributed by atoms with Crippen LogP contribution in [0, 0.1) is 0 Å². The van der Waals surface area contributed by atoms with Crippen LogP contribution in [-0.2, 0) is 0 Å². The van der Waals surface area contributed by atoms with Gasteiger partial charge in [0.15, 0.2) is 5.11 Å². The maximum absolute atomic E-state index is 5.19. The highest BCUT2D eigenvalue weighted by atomic mass is 32.1. The molecule has 0 aliphatic carbocycles. The normalized spacial score (nSPS) is 11.2.